The number of halogens is 1. The van der Waals surface area contributed by atoms with Gasteiger partial charge in [-0.15, -0.1) is 5.10 Å². The topological polar surface area (TPSA) is 77.1 Å². The molecule has 0 radical (unpaired) electrons. The number of benzene rings is 1. The van der Waals surface area contributed by atoms with E-state index in [9.17, 15) is 5.11 Å². The van der Waals surface area contributed by atoms with Crippen LogP contribution >= 0.6 is 15.9 Å². The van der Waals surface area contributed by atoms with Crippen LogP contribution in [0.4, 0.5) is 5.95 Å². The van der Waals surface area contributed by atoms with E-state index in [-0.39, 0.29) is 5.75 Å². The molecule has 2 aromatic rings. The number of phenolic OH excluding ortho intramolecular Hbond substituents is 1. The molecule has 0 spiro atoms. The number of nitrogens with one attached hydrogen (secondary N) is 2. The van der Waals surface area contributed by atoms with E-state index in [4.69, 9.17) is 0 Å². The number of phenols is 1. The molecule has 20 heavy (non-hydrogen) atoms. The van der Waals surface area contributed by atoms with E-state index in [0.29, 0.717) is 23.4 Å². The standard InChI is InChI=1S/C13H16BrN5O/c1-8-7-19(5-4-15-8)13-16-12(17-18-13)10-3-2-9(14)6-11(10)20/h2-3,6,8,15,20H,4-5,7H2,1H3,(H,16,17,18). The van der Waals surface area contributed by atoms with Gasteiger partial charge in [0.15, 0.2) is 5.82 Å². The average Bonchev–Trinajstić information content (AvgIpc) is 2.88. The number of hydrogen-bond acceptors (Lipinski definition) is 5. The van der Waals surface area contributed by atoms with Crippen molar-refractivity contribution in [3.05, 3.63) is 22.7 Å². The minimum atomic E-state index is 0.177. The van der Waals surface area contributed by atoms with Gasteiger partial charge in [-0.05, 0) is 25.1 Å². The first-order valence-electron chi connectivity index (χ1n) is 6.53. The van der Waals surface area contributed by atoms with Gasteiger partial charge in [0, 0.05) is 30.1 Å². The highest BCUT2D eigenvalue weighted by molar-refractivity contribution is 9.10. The van der Waals surface area contributed by atoms with Crippen molar-refractivity contribution in [1.29, 1.82) is 0 Å². The van der Waals surface area contributed by atoms with Gasteiger partial charge in [-0.1, -0.05) is 15.9 Å². The first-order valence-corrected chi connectivity index (χ1v) is 7.32. The number of rotatable bonds is 2. The minimum Gasteiger partial charge on any atom is -0.507 e. The Morgan fingerprint density at radius 3 is 3.05 bits per heavy atom. The summed E-state index contributed by atoms with van der Waals surface area (Å²) in [5.74, 6) is 1.43. The van der Waals surface area contributed by atoms with E-state index >= 15 is 0 Å². The monoisotopic (exact) mass is 337 g/mol. The molecule has 7 heteroatoms. The van der Waals surface area contributed by atoms with Crippen molar-refractivity contribution in [2.45, 2.75) is 13.0 Å². The van der Waals surface area contributed by atoms with E-state index in [1.165, 1.54) is 0 Å². The first kappa shape index (κ1) is 13.4. The maximum Gasteiger partial charge on any atom is 0.245 e. The molecule has 0 bridgehead atoms. The molecule has 1 aliphatic rings. The number of aromatic hydroxyl groups is 1. The molecule has 0 amide bonds. The molecule has 3 rings (SSSR count). The number of aromatic amines is 1. The SMILES string of the molecule is CC1CN(c2n[nH]c(-c3ccc(Br)cc3O)n2)CCN1. The third-order valence-electron chi connectivity index (χ3n) is 3.34. The van der Waals surface area contributed by atoms with Crippen LogP contribution in [-0.2, 0) is 0 Å². The second-order valence-corrected chi connectivity index (χ2v) is 5.86. The lowest BCUT2D eigenvalue weighted by Crippen LogP contribution is -2.49. The molecular formula is C13H16BrN5O. The summed E-state index contributed by atoms with van der Waals surface area (Å²) in [4.78, 5) is 6.62. The molecule has 1 aromatic carbocycles. The van der Waals surface area contributed by atoms with E-state index in [1.54, 1.807) is 6.07 Å². The van der Waals surface area contributed by atoms with Gasteiger partial charge < -0.3 is 15.3 Å². The summed E-state index contributed by atoms with van der Waals surface area (Å²) in [6.07, 6.45) is 0. The molecule has 3 N–H and O–H groups in total. The third-order valence-corrected chi connectivity index (χ3v) is 3.83. The van der Waals surface area contributed by atoms with Crippen LogP contribution in [0.25, 0.3) is 11.4 Å². The highest BCUT2D eigenvalue weighted by atomic mass is 79.9. The summed E-state index contributed by atoms with van der Waals surface area (Å²) in [6.45, 7) is 4.83. The zero-order chi connectivity index (χ0) is 14.1. The maximum absolute atomic E-state index is 9.97. The molecule has 1 saturated heterocycles. The smallest absolute Gasteiger partial charge is 0.245 e. The van der Waals surface area contributed by atoms with Crippen molar-refractivity contribution in [2.75, 3.05) is 24.5 Å². The minimum absolute atomic E-state index is 0.177. The molecule has 1 aliphatic heterocycles. The van der Waals surface area contributed by atoms with Gasteiger partial charge in [0.2, 0.25) is 5.95 Å². The van der Waals surface area contributed by atoms with Crippen LogP contribution in [0, 0.1) is 0 Å². The van der Waals surface area contributed by atoms with Gasteiger partial charge in [-0.25, -0.2) is 0 Å². The van der Waals surface area contributed by atoms with Crippen LogP contribution in [0.1, 0.15) is 6.92 Å². The summed E-state index contributed by atoms with van der Waals surface area (Å²) in [5.41, 5.74) is 0.648. The Morgan fingerprint density at radius 2 is 2.30 bits per heavy atom. The largest absolute Gasteiger partial charge is 0.507 e. The summed E-state index contributed by atoms with van der Waals surface area (Å²) in [6, 6.07) is 5.74. The molecule has 6 nitrogen and oxygen atoms in total. The number of aromatic nitrogens is 3. The molecule has 106 valence electrons. The average molecular weight is 338 g/mol. The lowest BCUT2D eigenvalue weighted by molar-refractivity contribution is 0.476. The Hall–Kier alpha value is -1.60. The van der Waals surface area contributed by atoms with Crippen molar-refractivity contribution in [3.8, 4) is 17.1 Å². The molecule has 0 saturated carbocycles. The van der Waals surface area contributed by atoms with Gasteiger partial charge in [-0.3, -0.25) is 5.10 Å². The van der Waals surface area contributed by atoms with Gasteiger partial charge in [-0.2, -0.15) is 4.98 Å². The molecule has 1 aromatic heterocycles. The summed E-state index contributed by atoms with van der Waals surface area (Å²) in [5, 5.41) is 20.5. The van der Waals surface area contributed by atoms with E-state index in [0.717, 1.165) is 24.1 Å². The number of nitrogens with zero attached hydrogens (tertiary/aromatic N) is 3. The number of H-pyrrole nitrogens is 1. The Balaban J connectivity index is 1.86. The van der Waals surface area contributed by atoms with E-state index in [1.807, 2.05) is 12.1 Å². The highest BCUT2D eigenvalue weighted by Gasteiger charge is 2.20. The van der Waals surface area contributed by atoms with Crippen LogP contribution in [-0.4, -0.2) is 46.0 Å². The molecule has 1 atom stereocenters. The molecule has 1 fully saturated rings. The van der Waals surface area contributed by atoms with Crippen LogP contribution < -0.4 is 10.2 Å². The van der Waals surface area contributed by atoms with Crippen LogP contribution in [0.5, 0.6) is 5.75 Å². The zero-order valence-electron chi connectivity index (χ0n) is 11.1. The molecular weight excluding hydrogens is 322 g/mol. The fourth-order valence-corrected chi connectivity index (χ4v) is 2.68. The fraction of sp³-hybridized carbons (Fsp3) is 0.385. The lowest BCUT2D eigenvalue weighted by Gasteiger charge is -2.30. The van der Waals surface area contributed by atoms with Crippen molar-refractivity contribution in [1.82, 2.24) is 20.5 Å². The molecule has 0 aliphatic carbocycles. The normalized spacial score (nSPS) is 19.3. The highest BCUT2D eigenvalue weighted by Crippen LogP contribution is 2.30. The summed E-state index contributed by atoms with van der Waals surface area (Å²) >= 11 is 3.32. The second kappa shape index (κ2) is 5.41. The number of hydrogen-bond donors (Lipinski definition) is 3. The molecule has 1 unspecified atom stereocenters. The Morgan fingerprint density at radius 1 is 1.45 bits per heavy atom. The van der Waals surface area contributed by atoms with Crippen LogP contribution in [0.3, 0.4) is 0 Å². The van der Waals surface area contributed by atoms with Gasteiger partial charge in [0.05, 0.1) is 5.56 Å². The second-order valence-electron chi connectivity index (χ2n) is 4.95. The third kappa shape index (κ3) is 2.64. The van der Waals surface area contributed by atoms with E-state index < -0.39 is 0 Å². The first-order chi connectivity index (χ1) is 9.63. The Labute approximate surface area is 125 Å². The predicted molar refractivity (Wildman–Crippen MR) is 80.9 cm³/mol. The summed E-state index contributed by atoms with van der Waals surface area (Å²) in [7, 11) is 0. The fourth-order valence-electron chi connectivity index (χ4n) is 2.33. The Bertz CT molecular complexity index is 615. The number of piperazine rings is 1. The van der Waals surface area contributed by atoms with Crippen molar-refractivity contribution in [2.24, 2.45) is 0 Å². The van der Waals surface area contributed by atoms with Crippen LogP contribution in [0.2, 0.25) is 0 Å². The zero-order valence-corrected chi connectivity index (χ0v) is 12.7. The van der Waals surface area contributed by atoms with Crippen molar-refractivity contribution < 1.29 is 5.11 Å². The van der Waals surface area contributed by atoms with Gasteiger partial charge in [0.1, 0.15) is 5.75 Å². The van der Waals surface area contributed by atoms with Gasteiger partial charge >= 0.3 is 0 Å². The molecule has 2 heterocycles. The van der Waals surface area contributed by atoms with E-state index in [2.05, 4.69) is 48.3 Å². The maximum atomic E-state index is 9.97. The quantitative estimate of drug-likeness (QED) is 0.778. The lowest BCUT2D eigenvalue weighted by atomic mass is 10.2. The van der Waals surface area contributed by atoms with Crippen molar-refractivity contribution in [3.63, 3.8) is 0 Å². The van der Waals surface area contributed by atoms with Crippen LogP contribution in [0.15, 0.2) is 22.7 Å². The summed E-state index contributed by atoms with van der Waals surface area (Å²) < 4.78 is 0.828. The van der Waals surface area contributed by atoms with Gasteiger partial charge in [0.25, 0.3) is 0 Å². The number of anilines is 1. The van der Waals surface area contributed by atoms with Crippen molar-refractivity contribution >= 4 is 21.9 Å². The predicted octanol–water partition coefficient (Wildman–Crippen LogP) is 1.74. The Kier molecular flexibility index (Phi) is 3.62.